The molecule has 1 heterocycles. The maximum absolute atomic E-state index is 6.38. The number of thioether (sulfide) groups is 1. The van der Waals surface area contributed by atoms with Gasteiger partial charge in [0.2, 0.25) is 0 Å². The van der Waals surface area contributed by atoms with Crippen LogP contribution in [0.2, 0.25) is 10.0 Å². The van der Waals surface area contributed by atoms with E-state index in [-0.39, 0.29) is 19.8 Å². The van der Waals surface area contributed by atoms with Gasteiger partial charge in [0.15, 0.2) is 0 Å². The number of nitrogens with one attached hydrogen (secondary N) is 1. The van der Waals surface area contributed by atoms with Gasteiger partial charge in [-0.25, -0.2) is 0 Å². The Bertz CT molecular complexity index is 1770. The number of halogens is 3. The summed E-state index contributed by atoms with van der Waals surface area (Å²) in [5, 5.41) is 6.22. The van der Waals surface area contributed by atoms with Gasteiger partial charge in [-0.1, -0.05) is 11.6 Å². The molecule has 0 saturated carbocycles. The van der Waals surface area contributed by atoms with E-state index < -0.39 is 0 Å². The number of hydrogen-bond donors (Lipinski definition) is 1. The van der Waals surface area contributed by atoms with E-state index >= 15 is 0 Å². The van der Waals surface area contributed by atoms with Gasteiger partial charge in [0, 0.05) is 0 Å². The predicted molar refractivity (Wildman–Crippen MR) is 198 cm³/mol. The van der Waals surface area contributed by atoms with Crippen LogP contribution in [0.1, 0.15) is 26.7 Å². The molecule has 0 radical (unpaired) electrons. The van der Waals surface area contributed by atoms with E-state index in [1.807, 2.05) is 38.9 Å². The minimum absolute atomic E-state index is 0.280. The third-order valence-corrected chi connectivity index (χ3v) is 13.5. The topological polar surface area (TPSA) is 18.5 Å². The van der Waals surface area contributed by atoms with Crippen LogP contribution >= 0.6 is 43.9 Å². The fraction of sp³-hybridized carbons (Fsp3) is 0.158. The molecular weight excluding hydrogens is 760 g/mol. The first kappa shape index (κ1) is 33.2. The van der Waals surface area contributed by atoms with E-state index in [9.17, 15) is 0 Å². The van der Waals surface area contributed by atoms with Gasteiger partial charge in [0.1, 0.15) is 0 Å². The molecule has 0 fully saturated rings. The van der Waals surface area contributed by atoms with Crippen molar-refractivity contribution in [3.8, 4) is 0 Å². The molecule has 6 rings (SSSR count). The maximum atomic E-state index is 6.38. The van der Waals surface area contributed by atoms with Crippen LogP contribution in [-0.4, -0.2) is 13.1 Å². The number of fused-ring (bicyclic) bond motifs is 1. The molecule has 1 aliphatic heterocycles. The summed E-state index contributed by atoms with van der Waals surface area (Å²) in [5.74, 6) is 0. The molecule has 0 atom stereocenters. The Morgan fingerprint density at radius 1 is 0.870 bits per heavy atom. The SMILES string of the molecule is CCNc1cc(Cl)ccc1S[I-]/C=C/C1=C(N(c2ccccc2)c2ccccc2)C(=C/C=C2\Sc3ccc(Cl)cc3N2CC)/CC1. The van der Waals surface area contributed by atoms with E-state index in [4.69, 9.17) is 23.2 Å². The van der Waals surface area contributed by atoms with Crippen molar-refractivity contribution < 1.29 is 19.8 Å². The Morgan fingerprint density at radius 2 is 1.57 bits per heavy atom. The number of anilines is 4. The van der Waals surface area contributed by atoms with E-state index in [2.05, 4.69) is 130 Å². The van der Waals surface area contributed by atoms with Crippen molar-refractivity contribution in [2.45, 2.75) is 36.5 Å². The molecule has 0 amide bonds. The molecule has 8 heteroatoms. The number of hydrogen-bond acceptors (Lipinski definition) is 5. The first-order valence-electron chi connectivity index (χ1n) is 15.4. The number of rotatable bonds is 11. The molecule has 46 heavy (non-hydrogen) atoms. The van der Waals surface area contributed by atoms with E-state index in [1.54, 1.807) is 0 Å². The van der Waals surface area contributed by atoms with Gasteiger partial charge >= 0.3 is 291 Å². The van der Waals surface area contributed by atoms with Crippen LogP contribution in [0, 0.1) is 0 Å². The Kier molecular flexibility index (Phi) is 11.5. The number of nitrogens with zero attached hydrogens (tertiary/aromatic N) is 2. The van der Waals surface area contributed by atoms with Gasteiger partial charge in [-0.15, -0.1) is 0 Å². The summed E-state index contributed by atoms with van der Waals surface area (Å²) < 4.78 is 2.41. The van der Waals surface area contributed by atoms with Gasteiger partial charge in [0.05, 0.1) is 0 Å². The first-order valence-corrected chi connectivity index (χ1v) is 21.5. The zero-order valence-corrected chi connectivity index (χ0v) is 31.0. The molecule has 0 aromatic heterocycles. The Labute approximate surface area is 300 Å². The summed E-state index contributed by atoms with van der Waals surface area (Å²) in [6.45, 7) is 6.06. The molecule has 0 unspecified atom stereocenters. The van der Waals surface area contributed by atoms with Crippen LogP contribution in [0.4, 0.5) is 22.7 Å². The van der Waals surface area contributed by atoms with Crippen molar-refractivity contribution in [2.24, 2.45) is 0 Å². The molecule has 0 spiro atoms. The average Bonchev–Trinajstić information content (AvgIpc) is 3.64. The minimum atomic E-state index is -0.280. The summed E-state index contributed by atoms with van der Waals surface area (Å²) >= 11 is 14.2. The van der Waals surface area contributed by atoms with Crippen molar-refractivity contribution in [1.29, 1.82) is 0 Å². The van der Waals surface area contributed by atoms with Gasteiger partial charge in [-0.2, -0.15) is 0 Å². The van der Waals surface area contributed by atoms with Crippen molar-refractivity contribution in [3.05, 3.63) is 151 Å². The zero-order valence-electron chi connectivity index (χ0n) is 25.7. The second-order valence-electron chi connectivity index (χ2n) is 10.7. The van der Waals surface area contributed by atoms with E-state index in [0.29, 0.717) is 0 Å². The molecule has 2 aliphatic rings. The monoisotopic (exact) mass is 794 g/mol. The summed E-state index contributed by atoms with van der Waals surface area (Å²) in [7, 11) is 1.93. The van der Waals surface area contributed by atoms with Gasteiger partial charge in [-0.3, -0.25) is 0 Å². The van der Waals surface area contributed by atoms with Crippen molar-refractivity contribution in [2.75, 3.05) is 28.2 Å². The summed E-state index contributed by atoms with van der Waals surface area (Å²) in [6.07, 6.45) is 9.00. The molecule has 0 bridgehead atoms. The summed E-state index contributed by atoms with van der Waals surface area (Å²) in [6, 6.07) is 33.8. The predicted octanol–water partition coefficient (Wildman–Crippen LogP) is 9.32. The Hall–Kier alpha value is -2.75. The van der Waals surface area contributed by atoms with Crippen LogP contribution < -0.4 is 34.9 Å². The third kappa shape index (κ3) is 7.69. The van der Waals surface area contributed by atoms with E-state index in [0.717, 1.165) is 53.0 Å². The molecular formula is C38H35Cl2IN3S2-. The molecule has 0 saturated heterocycles. The number of para-hydroxylation sites is 2. The van der Waals surface area contributed by atoms with Crippen LogP contribution in [-0.2, 0) is 0 Å². The van der Waals surface area contributed by atoms with Gasteiger partial charge in [0.25, 0.3) is 0 Å². The number of benzene rings is 4. The van der Waals surface area contributed by atoms with Crippen molar-refractivity contribution in [1.82, 2.24) is 0 Å². The summed E-state index contributed by atoms with van der Waals surface area (Å²) in [4.78, 5) is 7.28. The molecule has 236 valence electrons. The summed E-state index contributed by atoms with van der Waals surface area (Å²) in [5.41, 5.74) is 8.58. The van der Waals surface area contributed by atoms with Gasteiger partial charge in [-0.05, 0) is 0 Å². The number of allylic oxidation sites excluding steroid dienone is 5. The van der Waals surface area contributed by atoms with E-state index in [1.165, 1.54) is 37.4 Å². The fourth-order valence-corrected chi connectivity index (χ4v) is 10.9. The fourth-order valence-electron chi connectivity index (χ4n) is 5.66. The van der Waals surface area contributed by atoms with Crippen LogP contribution in [0.3, 0.4) is 0 Å². The molecule has 4 aromatic carbocycles. The van der Waals surface area contributed by atoms with Crippen LogP contribution in [0.25, 0.3) is 0 Å². The Morgan fingerprint density at radius 3 is 2.26 bits per heavy atom. The van der Waals surface area contributed by atoms with Crippen molar-refractivity contribution >= 4 is 66.6 Å². The van der Waals surface area contributed by atoms with Crippen LogP contribution in [0.5, 0.6) is 0 Å². The molecule has 4 aromatic rings. The standard InChI is InChI=1S/C38H35Cl2IN3S2/c1-3-42-33-25-29(39)18-20-35(33)46-41-24-23-28-16-15-27(17-22-37-43(4-2)34-26-30(40)19-21-36(34)45-37)38(28)44(31-11-7-5-8-12-31)32-13-9-6-10-14-32/h5-14,17-26,42H,3-4,15-16H2,1-2H3/q-1/b24-23+,27-17+,37-22-. The quantitative estimate of drug-likeness (QED) is 0.152. The van der Waals surface area contributed by atoms with Gasteiger partial charge < -0.3 is 0 Å². The second-order valence-corrected chi connectivity index (χ2v) is 16.9. The van der Waals surface area contributed by atoms with Crippen LogP contribution in [0.15, 0.2) is 151 Å². The molecule has 3 nitrogen and oxygen atoms in total. The Balaban J connectivity index is 1.37. The molecule has 1 N–H and O–H groups in total. The normalized spacial score (nSPS) is 16.3. The first-order chi connectivity index (χ1) is 22.6. The zero-order chi connectivity index (χ0) is 31.9. The molecule has 1 aliphatic carbocycles. The van der Waals surface area contributed by atoms with Crippen molar-refractivity contribution in [3.63, 3.8) is 0 Å². The third-order valence-electron chi connectivity index (χ3n) is 7.71. The second kappa shape index (κ2) is 15.9. The average molecular weight is 796 g/mol.